The molecule has 0 spiro atoms. The maximum atomic E-state index is 12.8. The van der Waals surface area contributed by atoms with Crippen molar-refractivity contribution in [3.8, 4) is 5.75 Å². The first-order chi connectivity index (χ1) is 16.9. The number of amides is 1. The molecule has 1 fully saturated rings. The van der Waals surface area contributed by atoms with Crippen LogP contribution in [0, 0.1) is 6.92 Å². The van der Waals surface area contributed by atoms with Gasteiger partial charge in [0.2, 0.25) is 0 Å². The van der Waals surface area contributed by atoms with Crippen LogP contribution in [0.2, 0.25) is 0 Å². The highest BCUT2D eigenvalue weighted by Gasteiger charge is 2.26. The molecule has 0 saturated carbocycles. The molecule has 9 nitrogen and oxygen atoms in total. The van der Waals surface area contributed by atoms with Crippen LogP contribution in [0.5, 0.6) is 5.75 Å². The number of hydrogen-bond acceptors (Lipinski definition) is 7. The number of nitrogens with zero attached hydrogens (tertiary/aromatic N) is 1. The van der Waals surface area contributed by atoms with E-state index >= 15 is 0 Å². The first-order valence-electron chi connectivity index (χ1n) is 11.3. The first-order valence-corrected chi connectivity index (χ1v) is 12.8. The van der Waals surface area contributed by atoms with Gasteiger partial charge in [-0.05, 0) is 55.5 Å². The molecule has 186 valence electrons. The molecule has 35 heavy (non-hydrogen) atoms. The van der Waals surface area contributed by atoms with E-state index in [1.807, 2.05) is 19.1 Å². The summed E-state index contributed by atoms with van der Waals surface area (Å²) >= 11 is 0. The molecular weight excluding hydrogens is 470 g/mol. The molecule has 1 aliphatic heterocycles. The molecule has 1 unspecified atom stereocenters. The number of rotatable bonds is 9. The van der Waals surface area contributed by atoms with E-state index in [9.17, 15) is 13.2 Å². The molecule has 1 aromatic heterocycles. The van der Waals surface area contributed by atoms with Crippen LogP contribution in [0.4, 0.5) is 5.69 Å². The number of ether oxygens (including phenoxy) is 2. The van der Waals surface area contributed by atoms with Crippen LogP contribution >= 0.6 is 0 Å². The molecule has 2 aromatic carbocycles. The van der Waals surface area contributed by atoms with E-state index in [0.717, 1.165) is 24.6 Å². The summed E-state index contributed by atoms with van der Waals surface area (Å²) in [5, 5.41) is 2.95. The maximum Gasteiger partial charge on any atom is 0.262 e. The quantitative estimate of drug-likeness (QED) is 0.465. The van der Waals surface area contributed by atoms with Crippen LogP contribution in [0.25, 0.3) is 0 Å². The second-order valence-electron chi connectivity index (χ2n) is 8.15. The smallest absolute Gasteiger partial charge is 0.262 e. The van der Waals surface area contributed by atoms with Gasteiger partial charge in [0.1, 0.15) is 17.3 Å². The minimum absolute atomic E-state index is 0.0391. The summed E-state index contributed by atoms with van der Waals surface area (Å²) in [5.41, 5.74) is 0.691. The summed E-state index contributed by atoms with van der Waals surface area (Å²) in [6, 6.07) is 16.2. The molecule has 10 heteroatoms. The third-order valence-corrected chi connectivity index (χ3v) is 7.19. The fourth-order valence-electron chi connectivity index (χ4n) is 3.94. The molecule has 2 N–H and O–H groups in total. The zero-order valence-corrected chi connectivity index (χ0v) is 20.5. The number of carbonyl (C=O) groups is 1. The van der Waals surface area contributed by atoms with Crippen molar-refractivity contribution in [2.24, 2.45) is 0 Å². The van der Waals surface area contributed by atoms with E-state index < -0.39 is 10.0 Å². The molecule has 0 bridgehead atoms. The number of para-hydroxylation sites is 2. The Morgan fingerprint density at radius 2 is 1.77 bits per heavy atom. The fourth-order valence-corrected chi connectivity index (χ4v) is 5.01. The Bertz CT molecular complexity index is 1250. The van der Waals surface area contributed by atoms with Crippen molar-refractivity contribution in [1.29, 1.82) is 0 Å². The molecule has 2 heterocycles. The van der Waals surface area contributed by atoms with Crippen LogP contribution in [-0.2, 0) is 14.8 Å². The number of methoxy groups -OCH3 is 1. The van der Waals surface area contributed by atoms with Gasteiger partial charge < -0.3 is 19.2 Å². The second-order valence-corrected chi connectivity index (χ2v) is 9.84. The van der Waals surface area contributed by atoms with Gasteiger partial charge in [0.15, 0.2) is 0 Å². The third-order valence-electron chi connectivity index (χ3n) is 5.81. The normalized spacial score (nSPS) is 15.4. The lowest BCUT2D eigenvalue weighted by molar-refractivity contribution is 0.0117. The average molecular weight is 500 g/mol. The van der Waals surface area contributed by atoms with E-state index in [0.29, 0.717) is 36.8 Å². The summed E-state index contributed by atoms with van der Waals surface area (Å²) in [6.07, 6.45) is 0. The van der Waals surface area contributed by atoms with E-state index in [-0.39, 0.29) is 16.8 Å². The van der Waals surface area contributed by atoms with E-state index in [4.69, 9.17) is 13.9 Å². The van der Waals surface area contributed by atoms with Crippen LogP contribution < -0.4 is 14.8 Å². The van der Waals surface area contributed by atoms with Gasteiger partial charge in [-0.2, -0.15) is 0 Å². The van der Waals surface area contributed by atoms with E-state index in [1.165, 1.54) is 31.4 Å². The van der Waals surface area contributed by atoms with Crippen LogP contribution in [0.15, 0.2) is 70.0 Å². The largest absolute Gasteiger partial charge is 0.495 e. The summed E-state index contributed by atoms with van der Waals surface area (Å²) in [4.78, 5) is 15.1. The lowest BCUT2D eigenvalue weighted by atomic mass is 10.1. The third kappa shape index (κ3) is 6.02. The molecule has 1 aliphatic rings. The fraction of sp³-hybridized carbons (Fsp3) is 0.320. The van der Waals surface area contributed by atoms with Crippen molar-refractivity contribution in [3.63, 3.8) is 0 Å². The molecule has 1 amide bonds. The highest BCUT2D eigenvalue weighted by atomic mass is 32.2. The van der Waals surface area contributed by atoms with E-state index in [2.05, 4.69) is 14.9 Å². The van der Waals surface area contributed by atoms with Crippen molar-refractivity contribution in [2.75, 3.05) is 44.7 Å². The molecule has 3 aromatic rings. The van der Waals surface area contributed by atoms with Gasteiger partial charge in [0, 0.05) is 25.2 Å². The number of sulfonamides is 1. The lowest BCUT2D eigenvalue weighted by Crippen LogP contribution is -2.43. The zero-order chi connectivity index (χ0) is 24.8. The number of aryl methyl sites for hydroxylation is 1. The molecule has 4 rings (SSSR count). The Labute approximate surface area is 205 Å². The van der Waals surface area contributed by atoms with Gasteiger partial charge in [-0.25, -0.2) is 8.42 Å². The summed E-state index contributed by atoms with van der Waals surface area (Å²) in [5.74, 6) is 1.71. The summed E-state index contributed by atoms with van der Waals surface area (Å²) in [7, 11) is -2.39. The highest BCUT2D eigenvalue weighted by Crippen LogP contribution is 2.26. The molecule has 1 saturated heterocycles. The summed E-state index contributed by atoms with van der Waals surface area (Å²) in [6.45, 7) is 4.97. The Kier molecular flexibility index (Phi) is 7.74. The number of hydrogen-bond donors (Lipinski definition) is 2. The Hall–Kier alpha value is -3.34. The van der Waals surface area contributed by atoms with Crippen molar-refractivity contribution in [1.82, 2.24) is 10.2 Å². The number of morpholine rings is 1. The zero-order valence-electron chi connectivity index (χ0n) is 19.7. The van der Waals surface area contributed by atoms with Gasteiger partial charge in [-0.1, -0.05) is 12.1 Å². The predicted molar refractivity (Wildman–Crippen MR) is 131 cm³/mol. The monoisotopic (exact) mass is 499 g/mol. The number of carbonyl (C=O) groups excluding carboxylic acids is 1. The molecule has 1 atom stereocenters. The van der Waals surface area contributed by atoms with Crippen LogP contribution in [-0.4, -0.2) is 59.2 Å². The van der Waals surface area contributed by atoms with Crippen molar-refractivity contribution in [2.45, 2.75) is 17.9 Å². The number of benzene rings is 2. The Balaban J connectivity index is 1.43. The second kappa shape index (κ2) is 10.9. The Morgan fingerprint density at radius 1 is 1.06 bits per heavy atom. The standard InChI is InChI=1S/C25H29N3O6S/c1-18-7-12-24(34-18)22(28-13-15-33-16-14-28)17-26-25(29)19-8-10-20(11-9-19)35(30,31)27-21-5-3-4-6-23(21)32-2/h3-12,22,27H,13-17H2,1-2H3,(H,26,29). The molecule has 0 aliphatic carbocycles. The van der Waals surface area contributed by atoms with E-state index in [1.54, 1.807) is 24.3 Å². The van der Waals surface area contributed by atoms with Crippen LogP contribution in [0.1, 0.15) is 27.9 Å². The summed E-state index contributed by atoms with van der Waals surface area (Å²) < 4.78 is 44.6. The Morgan fingerprint density at radius 3 is 2.43 bits per heavy atom. The maximum absolute atomic E-state index is 12.8. The van der Waals surface area contributed by atoms with Gasteiger partial charge in [0.25, 0.3) is 15.9 Å². The van der Waals surface area contributed by atoms with Gasteiger partial charge in [0.05, 0.1) is 36.9 Å². The van der Waals surface area contributed by atoms with Crippen molar-refractivity contribution < 1.29 is 27.1 Å². The van der Waals surface area contributed by atoms with Gasteiger partial charge in [-0.15, -0.1) is 0 Å². The minimum Gasteiger partial charge on any atom is -0.495 e. The number of anilines is 1. The lowest BCUT2D eigenvalue weighted by Gasteiger charge is -2.33. The SMILES string of the molecule is COc1ccccc1NS(=O)(=O)c1ccc(C(=O)NCC(c2ccc(C)o2)N2CCOCC2)cc1. The number of furan rings is 1. The van der Waals surface area contributed by atoms with Gasteiger partial charge >= 0.3 is 0 Å². The van der Waals surface area contributed by atoms with Crippen molar-refractivity contribution in [3.05, 3.63) is 77.7 Å². The van der Waals surface area contributed by atoms with Crippen molar-refractivity contribution >= 4 is 21.6 Å². The topological polar surface area (TPSA) is 110 Å². The van der Waals surface area contributed by atoms with Crippen LogP contribution in [0.3, 0.4) is 0 Å². The molecule has 0 radical (unpaired) electrons. The number of nitrogens with one attached hydrogen (secondary N) is 2. The molecular formula is C25H29N3O6S. The highest BCUT2D eigenvalue weighted by molar-refractivity contribution is 7.92. The van der Waals surface area contributed by atoms with Gasteiger partial charge in [-0.3, -0.25) is 14.4 Å². The predicted octanol–water partition coefficient (Wildman–Crippen LogP) is 3.20. The first kappa shape index (κ1) is 24.8. The average Bonchev–Trinajstić information content (AvgIpc) is 3.30. The minimum atomic E-state index is -3.85.